The molecule has 1 amide bonds. The Labute approximate surface area is 166 Å². The molecule has 0 aliphatic carbocycles. The second kappa shape index (κ2) is 8.02. The fourth-order valence-electron chi connectivity index (χ4n) is 3.14. The number of nitrogens with one attached hydrogen (secondary N) is 2. The molecule has 2 N–H and O–H groups in total. The molecule has 3 aromatic rings. The summed E-state index contributed by atoms with van der Waals surface area (Å²) in [6.07, 6.45) is 1.75. The first-order chi connectivity index (χ1) is 13.7. The van der Waals surface area contributed by atoms with E-state index in [0.29, 0.717) is 10.8 Å². The lowest BCUT2D eigenvalue weighted by molar-refractivity contribution is -0.116. The molecule has 2 atom stereocenters. The van der Waals surface area contributed by atoms with E-state index in [1.54, 1.807) is 12.1 Å². The molecule has 0 saturated heterocycles. The summed E-state index contributed by atoms with van der Waals surface area (Å²) in [5.74, 6) is 0.331. The molecule has 1 aliphatic heterocycles. The molecule has 4 rings (SSSR count). The van der Waals surface area contributed by atoms with Crippen molar-refractivity contribution in [1.82, 2.24) is 14.9 Å². The van der Waals surface area contributed by atoms with Crippen molar-refractivity contribution >= 4 is 23.4 Å². The van der Waals surface area contributed by atoms with Gasteiger partial charge in [-0.2, -0.15) is 0 Å². The summed E-state index contributed by atoms with van der Waals surface area (Å²) in [5.41, 5.74) is 4.97. The third-order valence-electron chi connectivity index (χ3n) is 4.51. The van der Waals surface area contributed by atoms with E-state index in [9.17, 15) is 9.18 Å². The van der Waals surface area contributed by atoms with Gasteiger partial charge in [0.2, 0.25) is 11.1 Å². The van der Waals surface area contributed by atoms with Crippen LogP contribution in [0.3, 0.4) is 0 Å². The van der Waals surface area contributed by atoms with E-state index >= 15 is 0 Å². The van der Waals surface area contributed by atoms with Gasteiger partial charge in [-0.25, -0.2) is 9.07 Å². The topological polar surface area (TPSA) is 71.8 Å². The molecule has 1 aliphatic rings. The monoisotopic (exact) mass is 397 g/mol. The maximum atomic E-state index is 13.1. The zero-order valence-electron chi connectivity index (χ0n) is 15.3. The van der Waals surface area contributed by atoms with E-state index in [-0.39, 0.29) is 17.8 Å². The van der Waals surface area contributed by atoms with E-state index in [4.69, 9.17) is 0 Å². The highest BCUT2D eigenvalue weighted by Crippen LogP contribution is 2.37. The predicted octanol–water partition coefficient (Wildman–Crippen LogP) is 3.77. The van der Waals surface area contributed by atoms with Gasteiger partial charge in [0.1, 0.15) is 11.1 Å². The first-order valence-electron chi connectivity index (χ1n) is 9.14. The highest BCUT2D eigenvalue weighted by molar-refractivity contribution is 8.00. The minimum atomic E-state index is -0.460. The number of carbonyl (C=O) groups excluding carboxylic acids is 1. The van der Waals surface area contributed by atoms with Gasteiger partial charge in [0.05, 0.1) is 6.04 Å². The van der Waals surface area contributed by atoms with Gasteiger partial charge in [-0.15, -0.1) is 10.2 Å². The van der Waals surface area contributed by atoms with Crippen LogP contribution in [0.15, 0.2) is 59.8 Å². The van der Waals surface area contributed by atoms with Gasteiger partial charge in [0.25, 0.3) is 0 Å². The molecule has 144 valence electrons. The third-order valence-corrected chi connectivity index (χ3v) is 5.72. The minimum Gasteiger partial charge on any atom is -0.325 e. The van der Waals surface area contributed by atoms with Gasteiger partial charge in [0, 0.05) is 12.1 Å². The largest absolute Gasteiger partial charge is 0.325 e. The molecular formula is C20H20FN5OS. The van der Waals surface area contributed by atoms with Crippen LogP contribution in [0.2, 0.25) is 0 Å². The van der Waals surface area contributed by atoms with Gasteiger partial charge >= 0.3 is 0 Å². The molecule has 0 saturated carbocycles. The summed E-state index contributed by atoms with van der Waals surface area (Å²) in [5, 5.41) is 11.6. The van der Waals surface area contributed by atoms with Gasteiger partial charge < -0.3 is 10.7 Å². The molecule has 0 fully saturated rings. The highest BCUT2D eigenvalue weighted by atomic mass is 32.2. The Morgan fingerprint density at radius 3 is 2.64 bits per heavy atom. The Bertz CT molecular complexity index is 960. The molecular weight excluding hydrogens is 377 g/mol. The van der Waals surface area contributed by atoms with Crippen molar-refractivity contribution in [2.45, 2.75) is 36.2 Å². The zero-order chi connectivity index (χ0) is 19.5. The van der Waals surface area contributed by atoms with Crippen molar-refractivity contribution in [3.05, 3.63) is 71.8 Å². The number of rotatable bonds is 5. The van der Waals surface area contributed by atoms with Crippen LogP contribution in [0.1, 0.15) is 30.8 Å². The lowest BCUT2D eigenvalue weighted by atomic mass is 10.0. The number of aryl methyl sites for hydroxylation is 1. The Balaban J connectivity index is 1.64. The molecule has 6 nitrogen and oxygen atoms in total. The molecule has 0 spiro atoms. The fourth-order valence-corrected chi connectivity index (χ4v) is 4.24. The van der Waals surface area contributed by atoms with Crippen LogP contribution in [0.5, 0.6) is 0 Å². The number of thioether (sulfide) groups is 1. The summed E-state index contributed by atoms with van der Waals surface area (Å²) >= 11 is 1.38. The van der Waals surface area contributed by atoms with Crippen molar-refractivity contribution in [2.24, 2.45) is 0 Å². The van der Waals surface area contributed by atoms with E-state index in [0.717, 1.165) is 24.2 Å². The summed E-state index contributed by atoms with van der Waals surface area (Å²) in [4.78, 5) is 13.1. The van der Waals surface area contributed by atoms with E-state index < -0.39 is 5.25 Å². The Hall–Kier alpha value is -2.87. The Morgan fingerprint density at radius 1 is 1.18 bits per heavy atom. The number of halogens is 1. The number of amides is 1. The number of fused-ring (bicyclic) bond motifs is 1. The number of hydrogen-bond donors (Lipinski definition) is 2. The fraction of sp³-hybridized carbons (Fsp3) is 0.250. The maximum absolute atomic E-state index is 13.1. The smallest absolute Gasteiger partial charge is 0.240 e. The average molecular weight is 397 g/mol. The Kier molecular flexibility index (Phi) is 5.29. The number of nitrogens with zero attached hydrogens (tertiary/aromatic N) is 3. The molecule has 8 heteroatoms. The second-order valence-electron chi connectivity index (χ2n) is 6.54. The van der Waals surface area contributed by atoms with E-state index in [1.807, 2.05) is 35.0 Å². The van der Waals surface area contributed by atoms with Gasteiger partial charge in [-0.05, 0) is 36.2 Å². The quantitative estimate of drug-likeness (QED) is 0.686. The van der Waals surface area contributed by atoms with Crippen LogP contribution in [-0.2, 0) is 11.2 Å². The molecule has 0 unspecified atom stereocenters. The molecule has 2 aromatic carbocycles. The van der Waals surface area contributed by atoms with Crippen LogP contribution >= 0.6 is 11.8 Å². The number of aromatic nitrogens is 3. The van der Waals surface area contributed by atoms with Crippen LogP contribution in [-0.4, -0.2) is 26.0 Å². The van der Waals surface area contributed by atoms with E-state index in [2.05, 4.69) is 27.9 Å². The number of anilines is 1. The minimum absolute atomic E-state index is 0.177. The van der Waals surface area contributed by atoms with Gasteiger partial charge in [-0.1, -0.05) is 49.0 Å². The maximum Gasteiger partial charge on any atom is 0.240 e. The lowest BCUT2D eigenvalue weighted by Crippen LogP contribution is -2.41. The number of benzene rings is 2. The highest BCUT2D eigenvalue weighted by Gasteiger charge is 2.37. The van der Waals surface area contributed by atoms with E-state index in [1.165, 1.54) is 23.9 Å². The molecule has 28 heavy (non-hydrogen) atoms. The van der Waals surface area contributed by atoms with Gasteiger partial charge in [-0.3, -0.25) is 4.79 Å². The van der Waals surface area contributed by atoms with Crippen LogP contribution < -0.4 is 10.7 Å². The predicted molar refractivity (Wildman–Crippen MR) is 107 cm³/mol. The summed E-state index contributed by atoms with van der Waals surface area (Å²) < 4.78 is 15.0. The average Bonchev–Trinajstić information content (AvgIpc) is 3.12. The summed E-state index contributed by atoms with van der Waals surface area (Å²) in [6, 6.07) is 15.3. The first kappa shape index (κ1) is 18.5. The van der Waals surface area contributed by atoms with Crippen LogP contribution in [0.25, 0.3) is 0 Å². The van der Waals surface area contributed by atoms with Crippen molar-refractivity contribution in [2.75, 3.05) is 10.7 Å². The summed E-state index contributed by atoms with van der Waals surface area (Å²) in [6.45, 7) is 2.09. The summed E-state index contributed by atoms with van der Waals surface area (Å²) in [7, 11) is 0. The second-order valence-corrected chi connectivity index (χ2v) is 7.64. The molecule has 0 bridgehead atoms. The van der Waals surface area contributed by atoms with Crippen LogP contribution in [0.4, 0.5) is 10.1 Å². The SMILES string of the molecule is CCCc1nnc2n1N[C@H](c1ccccc1)[C@@H](C(=O)Nc1ccc(F)cc1)S2. The van der Waals surface area contributed by atoms with Crippen molar-refractivity contribution in [1.29, 1.82) is 0 Å². The molecule has 2 heterocycles. The van der Waals surface area contributed by atoms with Gasteiger partial charge in [0.15, 0.2) is 5.82 Å². The normalized spacial score (nSPS) is 18.2. The van der Waals surface area contributed by atoms with Crippen LogP contribution in [0, 0.1) is 5.82 Å². The van der Waals surface area contributed by atoms with Crippen molar-refractivity contribution < 1.29 is 9.18 Å². The number of hydrogen-bond acceptors (Lipinski definition) is 5. The lowest BCUT2D eigenvalue weighted by Gasteiger charge is -2.33. The first-order valence-corrected chi connectivity index (χ1v) is 10.0. The third kappa shape index (κ3) is 3.73. The van der Waals surface area contributed by atoms with Crippen molar-refractivity contribution in [3.63, 3.8) is 0 Å². The van der Waals surface area contributed by atoms with Crippen molar-refractivity contribution in [3.8, 4) is 0 Å². The zero-order valence-corrected chi connectivity index (χ0v) is 16.1. The standard InChI is InChI=1S/C20H20FN5OS/c1-2-6-16-23-24-20-26(16)25-17(13-7-4-3-5-8-13)18(28-20)19(27)22-15-11-9-14(21)10-12-15/h3-5,7-12,17-18,25H,2,6H2,1H3,(H,22,27)/t17-,18+/m1/s1. The molecule has 1 aromatic heterocycles. The Morgan fingerprint density at radius 2 is 1.93 bits per heavy atom. The number of carbonyl (C=O) groups is 1. The molecule has 0 radical (unpaired) electrons.